The van der Waals surface area contributed by atoms with Gasteiger partial charge in [0.25, 0.3) is 20.2 Å². The highest BCUT2D eigenvalue weighted by Crippen LogP contribution is 2.42. The Bertz CT molecular complexity index is 4070. The van der Waals surface area contributed by atoms with Crippen LogP contribution in [0.2, 0.25) is 0 Å². The van der Waals surface area contributed by atoms with E-state index in [2.05, 4.69) is 82.2 Å². The number of aliphatic hydroxyl groups excluding tert-OH is 2. The first-order valence-electron chi connectivity index (χ1n) is 38.9. The first kappa shape index (κ1) is 94.4. The number of hydrogen-bond donors (Lipinski definition) is 7. The Labute approximate surface area is 657 Å². The number of benzene rings is 4. The molecule has 5 aromatic rings. The van der Waals surface area contributed by atoms with Crippen LogP contribution in [0.5, 0.6) is 0 Å². The molecule has 27 nitrogen and oxygen atoms in total. The van der Waals surface area contributed by atoms with Crippen molar-refractivity contribution in [3.63, 3.8) is 0 Å². The van der Waals surface area contributed by atoms with E-state index in [1.165, 1.54) is 125 Å². The van der Waals surface area contributed by atoms with Crippen LogP contribution >= 0.6 is 0 Å². The standard InChI is InChI=1S/C40H71NO14.C19H20N2.C12H26O4S.C10H8O6S2/c1-15-27-40(11,48)33(44)22(5)30(43)20(3)18-38(9,47)35(55-37-32(53-28(42)16-2)26(41(12)13)17-21(4)50-37)23(6)31(24(7)36(46)52-27)54-29-19-39(10,49-14)34(45)25(8)51-29;1-20-12-11-19-17(14-20)16-9-5-6-10-18(16)21(19)13-15-7-3-2-4-8-15;1-2-3-4-5-6-7-8-9-10-11-12-16-17(13,14)15;11-17(12,13)9-5-1-3-7-8(9)4-2-6-10(7)18(14,15)16/h20-27,29,31-35,37,44-45,47-48H,15-19H2,1-14H3;2-10H,11-14H2,1H3;2-12H2,1H3,(H,13,14,15);1-6H,(H,11,12,13)(H,14,15,16). The molecule has 0 saturated carbocycles. The Morgan fingerprint density at radius 2 is 1.23 bits per heavy atom. The Hall–Kier alpha value is -5.46. The Morgan fingerprint density at radius 1 is 0.676 bits per heavy atom. The lowest BCUT2D eigenvalue weighted by atomic mass is 9.74. The quantitative estimate of drug-likeness (QED) is 0.0162. The number of likely N-dealkylation sites (N-methyl/N-ethyl adjacent to an activating group) is 2. The fourth-order valence-corrected chi connectivity index (χ4v) is 17.4. The average Bonchev–Trinajstić information content (AvgIpc) is 1.70. The molecule has 0 radical (unpaired) electrons. The lowest BCUT2D eigenvalue weighted by Gasteiger charge is -2.49. The summed E-state index contributed by atoms with van der Waals surface area (Å²) in [5.74, 6) is -5.59. The van der Waals surface area contributed by atoms with Crippen LogP contribution in [0.4, 0.5) is 0 Å². The molecule has 4 aromatic carbocycles. The number of carbonyl (C=O) groups is 3. The molecule has 0 bridgehead atoms. The summed E-state index contributed by atoms with van der Waals surface area (Å²) in [5.41, 5.74) is 0.879. The van der Waals surface area contributed by atoms with Crippen molar-refractivity contribution in [2.24, 2.45) is 23.7 Å². The van der Waals surface area contributed by atoms with Gasteiger partial charge >= 0.3 is 22.3 Å². The molecule has 7 N–H and O–H groups in total. The van der Waals surface area contributed by atoms with Crippen LogP contribution in [0.3, 0.4) is 0 Å². The summed E-state index contributed by atoms with van der Waals surface area (Å²) >= 11 is 0. The van der Waals surface area contributed by atoms with Gasteiger partial charge in [0.05, 0.1) is 60.3 Å². The van der Waals surface area contributed by atoms with Crippen LogP contribution in [0.15, 0.2) is 101 Å². The first-order valence-corrected chi connectivity index (χ1v) is 43.2. The summed E-state index contributed by atoms with van der Waals surface area (Å²) in [4.78, 5) is 44.5. The van der Waals surface area contributed by atoms with Crippen molar-refractivity contribution >= 4 is 70.0 Å². The van der Waals surface area contributed by atoms with Crippen molar-refractivity contribution in [1.29, 1.82) is 0 Å². The summed E-state index contributed by atoms with van der Waals surface area (Å²) in [6, 6.07) is 26.8. The molecular formula is C81H125N3O24S3. The van der Waals surface area contributed by atoms with Gasteiger partial charge in [-0.25, -0.2) is 4.18 Å². The second-order valence-electron chi connectivity index (χ2n) is 31.3. The molecule has 18 atom stereocenters. The summed E-state index contributed by atoms with van der Waals surface area (Å²) < 4.78 is 142. The van der Waals surface area contributed by atoms with Crippen molar-refractivity contribution in [2.75, 3.05) is 41.4 Å². The third-order valence-electron chi connectivity index (χ3n) is 22.0. The number of aliphatic hydroxyl groups is 4. The topological polar surface area (TPSA) is 380 Å². The highest BCUT2D eigenvalue weighted by molar-refractivity contribution is 7.86. The summed E-state index contributed by atoms with van der Waals surface area (Å²) in [7, 11) is -5.75. The minimum absolute atomic E-state index is 0.0233. The zero-order valence-electron chi connectivity index (χ0n) is 67.6. The Balaban J connectivity index is 0.000000275. The zero-order valence-corrected chi connectivity index (χ0v) is 70.0. The van der Waals surface area contributed by atoms with Gasteiger partial charge in [-0.1, -0.05) is 172 Å². The van der Waals surface area contributed by atoms with Crippen LogP contribution in [-0.2, 0) is 102 Å². The van der Waals surface area contributed by atoms with E-state index in [1.54, 1.807) is 48.5 Å². The van der Waals surface area contributed by atoms with E-state index in [9.17, 15) is 60.1 Å². The van der Waals surface area contributed by atoms with Gasteiger partial charge in [0.2, 0.25) is 0 Å². The molecule has 0 amide bonds. The molecule has 9 rings (SSSR count). The number of fused-ring (bicyclic) bond motifs is 4. The lowest BCUT2D eigenvalue weighted by molar-refractivity contribution is -0.319. The molecule has 4 aliphatic rings. The van der Waals surface area contributed by atoms with E-state index in [-0.39, 0.29) is 55.2 Å². The van der Waals surface area contributed by atoms with Gasteiger partial charge in [0.1, 0.15) is 33.4 Å². The molecular weight excluding hydrogens is 1500 g/mol. The molecule has 3 fully saturated rings. The summed E-state index contributed by atoms with van der Waals surface area (Å²) in [6.45, 7) is 23.5. The van der Waals surface area contributed by atoms with E-state index in [0.29, 0.717) is 12.8 Å². The summed E-state index contributed by atoms with van der Waals surface area (Å²) in [6.07, 6.45) is 3.32. The van der Waals surface area contributed by atoms with Gasteiger partial charge in [-0.3, -0.25) is 28.0 Å². The smallest absolute Gasteiger partial charge is 0.397 e. The maximum absolute atomic E-state index is 14.2. The maximum atomic E-state index is 14.2. The van der Waals surface area contributed by atoms with E-state index in [4.69, 9.17) is 46.8 Å². The Kier molecular flexibility index (Phi) is 35.6. The van der Waals surface area contributed by atoms with Crippen molar-refractivity contribution in [1.82, 2.24) is 14.4 Å². The number of cyclic esters (lactones) is 1. The fraction of sp³-hybridized carbons (Fsp3) is 0.667. The molecule has 1 aromatic heterocycles. The molecule has 0 aliphatic carbocycles. The number of hydrogen-bond acceptors (Lipinski definition) is 23. The van der Waals surface area contributed by atoms with Crippen molar-refractivity contribution in [2.45, 2.75) is 293 Å². The van der Waals surface area contributed by atoms with Crippen molar-refractivity contribution < 1.29 is 111 Å². The second kappa shape index (κ2) is 41.9. The number of nitrogens with zero attached hydrogens (tertiary/aromatic N) is 3. The highest BCUT2D eigenvalue weighted by Gasteiger charge is 2.54. The molecule has 3 saturated heterocycles. The normalized spacial score (nSPS) is 30.0. The van der Waals surface area contributed by atoms with Crippen LogP contribution in [0, 0.1) is 23.7 Å². The zero-order chi connectivity index (χ0) is 82.7. The van der Waals surface area contributed by atoms with Crippen LogP contribution < -0.4 is 0 Å². The predicted octanol–water partition coefficient (Wildman–Crippen LogP) is 11.5. The van der Waals surface area contributed by atoms with Gasteiger partial charge in [0.15, 0.2) is 18.7 Å². The number of methoxy groups -OCH3 is 1. The third-order valence-corrected chi connectivity index (χ3v) is 24.3. The molecule has 18 unspecified atom stereocenters. The van der Waals surface area contributed by atoms with Crippen LogP contribution in [0.25, 0.3) is 21.7 Å². The minimum atomic E-state index is -4.47. The number of ketones is 1. The van der Waals surface area contributed by atoms with Gasteiger partial charge in [-0.2, -0.15) is 25.3 Å². The van der Waals surface area contributed by atoms with Gasteiger partial charge in [0, 0.05) is 91.1 Å². The van der Waals surface area contributed by atoms with Gasteiger partial charge < -0.3 is 68.0 Å². The highest BCUT2D eigenvalue weighted by atomic mass is 32.3. The van der Waals surface area contributed by atoms with E-state index < -0.39 is 154 Å². The van der Waals surface area contributed by atoms with Crippen LogP contribution in [-0.4, -0.2) is 217 Å². The number of aromatic nitrogens is 1. The number of unbranched alkanes of at least 4 members (excludes halogenated alkanes) is 9. The lowest BCUT2D eigenvalue weighted by Crippen LogP contribution is -2.61. The average molecular weight is 1620 g/mol. The summed E-state index contributed by atoms with van der Waals surface area (Å²) in [5, 5.41) is 48.0. The van der Waals surface area contributed by atoms with Crippen molar-refractivity contribution in [3.05, 3.63) is 108 Å². The number of ether oxygens (including phenoxy) is 7. The SMILES string of the molecule is CCC(=O)OC1C(OC2C(C)C(OC3CC(C)(OC)C(O)C(C)O3)C(C)C(=O)OC(CC)C(C)(O)C(O)C(C)C(=O)C(C)CC2(C)O)OC(C)CC1N(C)C.CCCCCCCCCCCCOS(=O)(=O)O.CN1CCc2c(c3ccccc3n2Cc2ccccc2)C1.O=S(=O)(O)c1cccc2c(S(=O)(=O)O)cccc12. The molecule has 4 aliphatic heterocycles. The molecule has 30 heteroatoms. The Morgan fingerprint density at radius 3 is 1.77 bits per heavy atom. The molecule has 111 heavy (non-hydrogen) atoms. The first-order chi connectivity index (χ1) is 52.0. The number of esters is 2. The number of Topliss-reactive ketones (excluding diaryl/α,β-unsaturated/α-hetero) is 1. The van der Waals surface area contributed by atoms with Gasteiger partial charge in [-0.05, 0) is 118 Å². The molecule has 626 valence electrons. The molecule has 0 spiro atoms. The number of rotatable bonds is 25. The van der Waals surface area contributed by atoms with Crippen LogP contribution in [0.1, 0.15) is 196 Å². The maximum Gasteiger partial charge on any atom is 0.397 e. The number of para-hydroxylation sites is 1. The fourth-order valence-electron chi connectivity index (χ4n) is 15.7. The second-order valence-corrected chi connectivity index (χ2v) is 35.2. The van der Waals surface area contributed by atoms with E-state index in [1.807, 2.05) is 25.9 Å². The van der Waals surface area contributed by atoms with E-state index in [0.717, 1.165) is 51.0 Å². The van der Waals surface area contributed by atoms with E-state index >= 15 is 0 Å². The van der Waals surface area contributed by atoms with Gasteiger partial charge in [-0.15, -0.1) is 0 Å². The third kappa shape index (κ3) is 26.0. The number of carbonyl (C=O) groups excluding carboxylic acids is 3. The largest absolute Gasteiger partial charge is 0.459 e. The molecule has 5 heterocycles. The predicted molar refractivity (Wildman–Crippen MR) is 421 cm³/mol. The minimum Gasteiger partial charge on any atom is -0.459 e. The van der Waals surface area contributed by atoms with Crippen molar-refractivity contribution in [3.8, 4) is 0 Å². The monoisotopic (exact) mass is 1620 g/mol.